The van der Waals surface area contributed by atoms with E-state index >= 15 is 0 Å². The molecular weight excluding hydrogens is 140 g/mol. The standard InChI is InChI=1S/C9H16O2/c1-8(2)5-9(6-10)3-4-11-7-9/h6,8H,3-5,7H2,1-2H3. The second-order valence-corrected chi connectivity index (χ2v) is 3.88. The summed E-state index contributed by atoms with van der Waals surface area (Å²) in [6.45, 7) is 5.67. The van der Waals surface area contributed by atoms with E-state index in [1.54, 1.807) is 0 Å². The molecule has 0 aromatic heterocycles. The van der Waals surface area contributed by atoms with Gasteiger partial charge in [0.25, 0.3) is 0 Å². The lowest BCUT2D eigenvalue weighted by molar-refractivity contribution is -0.117. The zero-order valence-electron chi connectivity index (χ0n) is 7.30. The molecule has 11 heavy (non-hydrogen) atoms. The summed E-state index contributed by atoms with van der Waals surface area (Å²) in [5.74, 6) is 0.585. The van der Waals surface area contributed by atoms with Gasteiger partial charge >= 0.3 is 0 Å². The number of ether oxygens (including phenoxy) is 1. The summed E-state index contributed by atoms with van der Waals surface area (Å²) in [5.41, 5.74) is -0.145. The zero-order chi connectivity index (χ0) is 8.32. The van der Waals surface area contributed by atoms with Crippen LogP contribution in [0.3, 0.4) is 0 Å². The van der Waals surface area contributed by atoms with Crippen molar-refractivity contribution in [3.05, 3.63) is 0 Å². The van der Waals surface area contributed by atoms with Crippen LogP contribution < -0.4 is 0 Å². The Kier molecular flexibility index (Phi) is 2.66. The van der Waals surface area contributed by atoms with E-state index in [2.05, 4.69) is 13.8 Å². The molecule has 0 bridgehead atoms. The monoisotopic (exact) mass is 156 g/mol. The van der Waals surface area contributed by atoms with E-state index < -0.39 is 0 Å². The van der Waals surface area contributed by atoms with Crippen molar-refractivity contribution < 1.29 is 9.53 Å². The van der Waals surface area contributed by atoms with Gasteiger partial charge in [-0.05, 0) is 18.8 Å². The first-order valence-electron chi connectivity index (χ1n) is 4.23. The van der Waals surface area contributed by atoms with Crippen molar-refractivity contribution in [1.29, 1.82) is 0 Å². The molecule has 1 fully saturated rings. The van der Waals surface area contributed by atoms with E-state index in [1.807, 2.05) is 0 Å². The zero-order valence-corrected chi connectivity index (χ0v) is 7.30. The van der Waals surface area contributed by atoms with Gasteiger partial charge in [0.05, 0.1) is 12.0 Å². The number of rotatable bonds is 3. The Bertz CT molecular complexity index is 134. The lowest BCUT2D eigenvalue weighted by Gasteiger charge is -2.21. The molecule has 0 spiro atoms. The molecule has 1 aliphatic heterocycles. The molecule has 0 amide bonds. The molecule has 1 unspecified atom stereocenters. The minimum atomic E-state index is -0.145. The van der Waals surface area contributed by atoms with Crippen LogP contribution in [0, 0.1) is 11.3 Å². The average molecular weight is 156 g/mol. The summed E-state index contributed by atoms with van der Waals surface area (Å²) in [5, 5.41) is 0. The van der Waals surface area contributed by atoms with Crippen molar-refractivity contribution in [2.75, 3.05) is 13.2 Å². The van der Waals surface area contributed by atoms with Gasteiger partial charge in [-0.25, -0.2) is 0 Å². The molecule has 64 valence electrons. The van der Waals surface area contributed by atoms with Gasteiger partial charge in [0.1, 0.15) is 6.29 Å². The fraction of sp³-hybridized carbons (Fsp3) is 0.889. The number of carbonyl (C=O) groups excluding carboxylic acids is 1. The van der Waals surface area contributed by atoms with Gasteiger partial charge in [0, 0.05) is 6.61 Å². The Labute approximate surface area is 67.9 Å². The molecule has 2 nitrogen and oxygen atoms in total. The Morgan fingerprint density at radius 1 is 1.64 bits per heavy atom. The first kappa shape index (κ1) is 8.72. The van der Waals surface area contributed by atoms with E-state index in [0.29, 0.717) is 12.5 Å². The molecule has 0 aromatic carbocycles. The number of aldehydes is 1. The molecule has 0 N–H and O–H groups in total. The normalized spacial score (nSPS) is 31.2. The van der Waals surface area contributed by atoms with Gasteiger partial charge in [0.2, 0.25) is 0 Å². The number of hydrogen-bond donors (Lipinski definition) is 0. The van der Waals surface area contributed by atoms with Crippen molar-refractivity contribution in [1.82, 2.24) is 0 Å². The maximum absolute atomic E-state index is 10.8. The topological polar surface area (TPSA) is 26.3 Å². The van der Waals surface area contributed by atoms with Crippen LogP contribution in [0.4, 0.5) is 0 Å². The second-order valence-electron chi connectivity index (χ2n) is 3.88. The summed E-state index contributed by atoms with van der Waals surface area (Å²) >= 11 is 0. The van der Waals surface area contributed by atoms with E-state index in [0.717, 1.165) is 25.7 Å². The van der Waals surface area contributed by atoms with Crippen LogP contribution >= 0.6 is 0 Å². The van der Waals surface area contributed by atoms with Crippen LogP contribution in [0.15, 0.2) is 0 Å². The molecule has 0 radical (unpaired) electrons. The molecular formula is C9H16O2. The maximum atomic E-state index is 10.8. The molecule has 0 aromatic rings. The lowest BCUT2D eigenvalue weighted by atomic mass is 9.81. The molecule has 1 heterocycles. The molecule has 1 atom stereocenters. The summed E-state index contributed by atoms with van der Waals surface area (Å²) < 4.78 is 5.22. The first-order valence-corrected chi connectivity index (χ1v) is 4.23. The number of carbonyl (C=O) groups is 1. The smallest absolute Gasteiger partial charge is 0.128 e. The Morgan fingerprint density at radius 2 is 2.36 bits per heavy atom. The summed E-state index contributed by atoms with van der Waals surface area (Å²) in [4.78, 5) is 10.8. The third kappa shape index (κ3) is 2.03. The van der Waals surface area contributed by atoms with Gasteiger partial charge in [-0.2, -0.15) is 0 Å². The summed E-state index contributed by atoms with van der Waals surface area (Å²) in [6.07, 6.45) is 2.96. The highest BCUT2D eigenvalue weighted by Crippen LogP contribution is 2.32. The van der Waals surface area contributed by atoms with E-state index in [9.17, 15) is 4.79 Å². The maximum Gasteiger partial charge on any atom is 0.128 e. The minimum absolute atomic E-state index is 0.145. The van der Waals surface area contributed by atoms with Gasteiger partial charge in [-0.3, -0.25) is 0 Å². The van der Waals surface area contributed by atoms with E-state index in [1.165, 1.54) is 0 Å². The van der Waals surface area contributed by atoms with E-state index in [4.69, 9.17) is 4.74 Å². The highest BCUT2D eigenvalue weighted by molar-refractivity contribution is 5.60. The average Bonchev–Trinajstić information content (AvgIpc) is 2.36. The molecule has 0 saturated carbocycles. The molecule has 2 heteroatoms. The Balaban J connectivity index is 2.52. The molecule has 1 aliphatic rings. The number of hydrogen-bond acceptors (Lipinski definition) is 2. The summed E-state index contributed by atoms with van der Waals surface area (Å²) in [7, 11) is 0. The van der Waals surface area contributed by atoms with Crippen molar-refractivity contribution in [2.45, 2.75) is 26.7 Å². The molecule has 0 aliphatic carbocycles. The molecule has 1 rings (SSSR count). The predicted octanol–water partition coefficient (Wildman–Crippen LogP) is 1.64. The van der Waals surface area contributed by atoms with Gasteiger partial charge in [0.15, 0.2) is 0 Å². The third-order valence-electron chi connectivity index (χ3n) is 2.20. The SMILES string of the molecule is CC(C)CC1(C=O)CCOC1. The Hall–Kier alpha value is -0.370. The predicted molar refractivity (Wildman–Crippen MR) is 43.4 cm³/mol. The summed E-state index contributed by atoms with van der Waals surface area (Å²) in [6, 6.07) is 0. The van der Waals surface area contributed by atoms with Gasteiger partial charge in [-0.15, -0.1) is 0 Å². The Morgan fingerprint density at radius 3 is 2.73 bits per heavy atom. The van der Waals surface area contributed by atoms with Crippen LogP contribution in [0.1, 0.15) is 26.7 Å². The van der Waals surface area contributed by atoms with Crippen LogP contribution in [-0.2, 0) is 9.53 Å². The van der Waals surface area contributed by atoms with Crippen molar-refractivity contribution >= 4 is 6.29 Å². The largest absolute Gasteiger partial charge is 0.380 e. The fourth-order valence-corrected chi connectivity index (χ4v) is 1.74. The van der Waals surface area contributed by atoms with Crippen LogP contribution in [0.2, 0.25) is 0 Å². The molecule has 1 saturated heterocycles. The third-order valence-corrected chi connectivity index (χ3v) is 2.20. The highest BCUT2D eigenvalue weighted by atomic mass is 16.5. The quantitative estimate of drug-likeness (QED) is 0.581. The van der Waals surface area contributed by atoms with E-state index in [-0.39, 0.29) is 5.41 Å². The lowest BCUT2D eigenvalue weighted by Crippen LogP contribution is -2.24. The van der Waals surface area contributed by atoms with Gasteiger partial charge < -0.3 is 9.53 Å². The van der Waals surface area contributed by atoms with Crippen LogP contribution in [-0.4, -0.2) is 19.5 Å². The van der Waals surface area contributed by atoms with Crippen molar-refractivity contribution in [3.8, 4) is 0 Å². The highest BCUT2D eigenvalue weighted by Gasteiger charge is 2.34. The van der Waals surface area contributed by atoms with Crippen molar-refractivity contribution in [2.24, 2.45) is 11.3 Å². The van der Waals surface area contributed by atoms with Crippen LogP contribution in [0.25, 0.3) is 0 Å². The second kappa shape index (κ2) is 3.35. The van der Waals surface area contributed by atoms with Crippen molar-refractivity contribution in [3.63, 3.8) is 0 Å². The van der Waals surface area contributed by atoms with Crippen LogP contribution in [0.5, 0.6) is 0 Å². The first-order chi connectivity index (χ1) is 5.18. The van der Waals surface area contributed by atoms with Gasteiger partial charge in [-0.1, -0.05) is 13.8 Å². The minimum Gasteiger partial charge on any atom is -0.380 e. The fourth-order valence-electron chi connectivity index (χ4n) is 1.74.